The van der Waals surface area contributed by atoms with Crippen molar-refractivity contribution in [2.75, 3.05) is 0 Å². The van der Waals surface area contributed by atoms with Gasteiger partial charge in [-0.05, 0) is 6.42 Å². The van der Waals surface area contributed by atoms with Crippen molar-refractivity contribution in [2.45, 2.75) is 25.8 Å². The first-order chi connectivity index (χ1) is 5.77. The van der Waals surface area contributed by atoms with E-state index >= 15 is 0 Å². The Kier molecular flexibility index (Phi) is 1.56. The van der Waals surface area contributed by atoms with Crippen molar-refractivity contribution >= 4 is 5.97 Å². The molecule has 0 aromatic carbocycles. The molecule has 0 saturated carbocycles. The SMILES string of the molecule is O=C(O)Cc1nnc2n1CCC2. The lowest BCUT2D eigenvalue weighted by atomic mass is 10.4. The van der Waals surface area contributed by atoms with Crippen molar-refractivity contribution in [3.63, 3.8) is 0 Å². The number of hydrogen-bond acceptors (Lipinski definition) is 3. The van der Waals surface area contributed by atoms with Gasteiger partial charge in [0.05, 0.1) is 0 Å². The lowest BCUT2D eigenvalue weighted by Gasteiger charge is -1.97. The van der Waals surface area contributed by atoms with Crippen molar-refractivity contribution in [2.24, 2.45) is 0 Å². The second-order valence-corrected chi connectivity index (χ2v) is 2.86. The van der Waals surface area contributed by atoms with Gasteiger partial charge < -0.3 is 9.67 Å². The number of fused-ring (bicyclic) bond motifs is 1. The highest BCUT2D eigenvalue weighted by Crippen LogP contribution is 2.13. The van der Waals surface area contributed by atoms with Crippen molar-refractivity contribution in [3.05, 3.63) is 11.6 Å². The molecule has 12 heavy (non-hydrogen) atoms. The Labute approximate surface area is 69.0 Å². The van der Waals surface area contributed by atoms with Crippen LogP contribution in [-0.4, -0.2) is 25.8 Å². The largest absolute Gasteiger partial charge is 0.481 e. The predicted molar refractivity (Wildman–Crippen MR) is 39.7 cm³/mol. The monoisotopic (exact) mass is 167 g/mol. The van der Waals surface area contributed by atoms with E-state index in [-0.39, 0.29) is 6.42 Å². The number of carboxylic acid groups (broad SMARTS) is 1. The normalized spacial score (nSPS) is 14.7. The molecule has 0 radical (unpaired) electrons. The first kappa shape index (κ1) is 7.27. The molecular weight excluding hydrogens is 158 g/mol. The third kappa shape index (κ3) is 1.07. The highest BCUT2D eigenvalue weighted by Gasteiger charge is 2.18. The maximum absolute atomic E-state index is 10.4. The molecule has 1 aromatic heterocycles. The fraction of sp³-hybridized carbons (Fsp3) is 0.571. The van der Waals surface area contributed by atoms with Crippen LogP contribution in [0.5, 0.6) is 0 Å². The molecule has 0 unspecified atom stereocenters. The maximum Gasteiger partial charge on any atom is 0.311 e. The van der Waals surface area contributed by atoms with E-state index in [1.807, 2.05) is 4.57 Å². The number of nitrogens with zero attached hydrogens (tertiary/aromatic N) is 3. The minimum Gasteiger partial charge on any atom is -0.481 e. The van der Waals surface area contributed by atoms with Gasteiger partial charge >= 0.3 is 5.97 Å². The third-order valence-electron chi connectivity index (χ3n) is 2.00. The molecule has 1 aliphatic heterocycles. The molecule has 0 atom stereocenters. The fourth-order valence-corrected chi connectivity index (χ4v) is 1.48. The van der Waals surface area contributed by atoms with Gasteiger partial charge in [-0.15, -0.1) is 10.2 Å². The van der Waals surface area contributed by atoms with Crippen LogP contribution in [0.3, 0.4) is 0 Å². The van der Waals surface area contributed by atoms with Crippen LogP contribution in [0.15, 0.2) is 0 Å². The van der Waals surface area contributed by atoms with Crippen molar-refractivity contribution in [1.29, 1.82) is 0 Å². The van der Waals surface area contributed by atoms with Crippen LogP contribution >= 0.6 is 0 Å². The molecule has 0 bridgehead atoms. The molecule has 0 saturated heterocycles. The number of aliphatic carboxylic acids is 1. The summed E-state index contributed by atoms with van der Waals surface area (Å²) in [6, 6.07) is 0. The third-order valence-corrected chi connectivity index (χ3v) is 2.00. The van der Waals surface area contributed by atoms with E-state index in [1.54, 1.807) is 0 Å². The van der Waals surface area contributed by atoms with Crippen LogP contribution < -0.4 is 0 Å². The number of rotatable bonds is 2. The summed E-state index contributed by atoms with van der Waals surface area (Å²) in [7, 11) is 0. The minimum absolute atomic E-state index is 0.0208. The number of aryl methyl sites for hydroxylation is 1. The summed E-state index contributed by atoms with van der Waals surface area (Å²) >= 11 is 0. The molecule has 0 aliphatic carbocycles. The smallest absolute Gasteiger partial charge is 0.311 e. The molecule has 0 fully saturated rings. The summed E-state index contributed by atoms with van der Waals surface area (Å²) in [4.78, 5) is 10.4. The van der Waals surface area contributed by atoms with Gasteiger partial charge in [0.1, 0.15) is 18.1 Å². The van der Waals surface area contributed by atoms with Gasteiger partial charge in [-0.2, -0.15) is 0 Å². The second-order valence-electron chi connectivity index (χ2n) is 2.86. The Bertz CT molecular complexity index is 318. The summed E-state index contributed by atoms with van der Waals surface area (Å²) in [6.45, 7) is 0.866. The predicted octanol–water partition coefficient (Wildman–Crippen LogP) is -0.149. The van der Waals surface area contributed by atoms with E-state index in [2.05, 4.69) is 10.2 Å². The zero-order valence-electron chi connectivity index (χ0n) is 6.53. The van der Waals surface area contributed by atoms with Crippen LogP contribution in [0, 0.1) is 0 Å². The van der Waals surface area contributed by atoms with Gasteiger partial charge in [0.15, 0.2) is 0 Å². The molecule has 1 N–H and O–H groups in total. The Balaban J connectivity index is 2.27. The van der Waals surface area contributed by atoms with Gasteiger partial charge in [0, 0.05) is 13.0 Å². The van der Waals surface area contributed by atoms with Crippen LogP contribution in [0.4, 0.5) is 0 Å². The molecule has 1 aromatic rings. The Morgan fingerprint density at radius 3 is 3.17 bits per heavy atom. The van der Waals surface area contributed by atoms with E-state index in [1.165, 1.54) is 0 Å². The summed E-state index contributed by atoms with van der Waals surface area (Å²) in [5.41, 5.74) is 0. The van der Waals surface area contributed by atoms with E-state index in [0.717, 1.165) is 25.2 Å². The highest BCUT2D eigenvalue weighted by molar-refractivity contribution is 5.69. The molecule has 5 nitrogen and oxygen atoms in total. The average Bonchev–Trinajstić information content (AvgIpc) is 2.52. The average molecular weight is 167 g/mol. The summed E-state index contributed by atoms with van der Waals surface area (Å²) in [5, 5.41) is 16.2. The lowest BCUT2D eigenvalue weighted by molar-refractivity contribution is -0.136. The summed E-state index contributed by atoms with van der Waals surface area (Å²) in [5.74, 6) is 0.651. The van der Waals surface area contributed by atoms with E-state index < -0.39 is 5.97 Å². The first-order valence-corrected chi connectivity index (χ1v) is 3.90. The summed E-state index contributed by atoms with van der Waals surface area (Å²) < 4.78 is 1.90. The second kappa shape index (κ2) is 2.58. The highest BCUT2D eigenvalue weighted by atomic mass is 16.4. The van der Waals surface area contributed by atoms with Crippen LogP contribution in [0.2, 0.25) is 0 Å². The molecule has 5 heteroatoms. The van der Waals surface area contributed by atoms with Gasteiger partial charge in [0.2, 0.25) is 0 Å². The van der Waals surface area contributed by atoms with Crippen molar-refractivity contribution in [3.8, 4) is 0 Å². The van der Waals surface area contributed by atoms with E-state index in [0.29, 0.717) is 5.82 Å². The molecule has 64 valence electrons. The quantitative estimate of drug-likeness (QED) is 0.665. The number of hydrogen-bond donors (Lipinski definition) is 1. The van der Waals surface area contributed by atoms with Crippen molar-refractivity contribution in [1.82, 2.24) is 14.8 Å². The van der Waals surface area contributed by atoms with E-state index in [4.69, 9.17) is 5.11 Å². The lowest BCUT2D eigenvalue weighted by Crippen LogP contribution is -2.07. The molecule has 1 aliphatic rings. The molecule has 2 rings (SSSR count). The minimum atomic E-state index is -0.850. The molecule has 0 spiro atoms. The van der Waals surface area contributed by atoms with E-state index in [9.17, 15) is 4.79 Å². The Morgan fingerprint density at radius 1 is 1.58 bits per heavy atom. The number of aromatic nitrogens is 3. The number of carbonyl (C=O) groups is 1. The van der Waals surface area contributed by atoms with Crippen molar-refractivity contribution < 1.29 is 9.90 Å². The Hall–Kier alpha value is -1.39. The topological polar surface area (TPSA) is 68.0 Å². The maximum atomic E-state index is 10.4. The van der Waals surface area contributed by atoms with Crippen LogP contribution in [0.1, 0.15) is 18.1 Å². The molecular formula is C7H9N3O2. The van der Waals surface area contributed by atoms with Gasteiger partial charge in [-0.1, -0.05) is 0 Å². The Morgan fingerprint density at radius 2 is 2.42 bits per heavy atom. The summed E-state index contributed by atoms with van der Waals surface area (Å²) in [6.07, 6.45) is 1.96. The fourth-order valence-electron chi connectivity index (χ4n) is 1.48. The zero-order chi connectivity index (χ0) is 8.55. The molecule has 2 heterocycles. The standard InChI is InChI=1S/C7H9N3O2/c11-7(12)4-6-9-8-5-2-1-3-10(5)6/h1-4H2,(H,11,12). The van der Waals surface area contributed by atoms with Crippen LogP contribution in [0.25, 0.3) is 0 Å². The first-order valence-electron chi connectivity index (χ1n) is 3.90. The van der Waals surface area contributed by atoms with Gasteiger partial charge in [-0.3, -0.25) is 4.79 Å². The number of carboxylic acids is 1. The molecule has 0 amide bonds. The van der Waals surface area contributed by atoms with Gasteiger partial charge in [-0.25, -0.2) is 0 Å². The van der Waals surface area contributed by atoms with Crippen LogP contribution in [-0.2, 0) is 24.2 Å². The zero-order valence-corrected chi connectivity index (χ0v) is 6.53. The van der Waals surface area contributed by atoms with Gasteiger partial charge in [0.25, 0.3) is 0 Å².